The van der Waals surface area contributed by atoms with Crippen LogP contribution in [0.3, 0.4) is 0 Å². The van der Waals surface area contributed by atoms with Gasteiger partial charge in [0.2, 0.25) is 5.91 Å². The lowest BCUT2D eigenvalue weighted by Gasteiger charge is -2.15. The minimum Gasteiger partial charge on any atom is -0.453 e. The van der Waals surface area contributed by atoms with Gasteiger partial charge in [-0.2, -0.15) is 0 Å². The summed E-state index contributed by atoms with van der Waals surface area (Å²) in [5.41, 5.74) is 0. The molecule has 8 nitrogen and oxygen atoms in total. The molecular formula is C17H29N3O5. The molecule has 142 valence electrons. The van der Waals surface area contributed by atoms with Gasteiger partial charge in [-0.25, -0.2) is 4.79 Å². The van der Waals surface area contributed by atoms with E-state index in [1.165, 1.54) is 13.8 Å². The highest BCUT2D eigenvalue weighted by Crippen LogP contribution is 2.17. The fraction of sp³-hybridized carbons (Fsp3) is 0.765. The molecule has 1 atom stereocenters. The second-order valence-electron chi connectivity index (χ2n) is 6.37. The van der Waals surface area contributed by atoms with Gasteiger partial charge in [-0.15, -0.1) is 0 Å². The van der Waals surface area contributed by atoms with E-state index in [1.54, 1.807) is 0 Å². The number of carbonyl (C=O) groups excluding carboxylic acids is 4. The SMILES string of the molecule is CC(=O)NCCCCCC(=O)OC(C)C(=O)NC(=O)NC1CCCC1. The van der Waals surface area contributed by atoms with Crippen molar-refractivity contribution in [2.75, 3.05) is 6.54 Å². The van der Waals surface area contributed by atoms with Gasteiger partial charge in [-0.05, 0) is 32.6 Å². The first-order valence-corrected chi connectivity index (χ1v) is 8.93. The standard InChI is InChI=1S/C17H29N3O5/c1-12(16(23)20-17(24)19-14-8-5-6-9-14)25-15(22)10-4-3-7-11-18-13(2)21/h12,14H,3-11H2,1-2H3,(H,18,21)(H2,19,20,23,24). The van der Waals surface area contributed by atoms with Crippen LogP contribution in [-0.4, -0.2) is 42.5 Å². The van der Waals surface area contributed by atoms with Gasteiger partial charge >= 0.3 is 12.0 Å². The first-order valence-electron chi connectivity index (χ1n) is 8.93. The zero-order chi connectivity index (χ0) is 18.7. The molecule has 25 heavy (non-hydrogen) atoms. The highest BCUT2D eigenvalue weighted by atomic mass is 16.5. The predicted molar refractivity (Wildman–Crippen MR) is 91.6 cm³/mol. The second kappa shape index (κ2) is 11.4. The summed E-state index contributed by atoms with van der Waals surface area (Å²) in [4.78, 5) is 45.9. The molecule has 3 N–H and O–H groups in total. The Kier molecular flexibility index (Phi) is 9.57. The predicted octanol–water partition coefficient (Wildman–Crippen LogP) is 1.38. The Balaban J connectivity index is 2.12. The van der Waals surface area contributed by atoms with Gasteiger partial charge in [0.05, 0.1) is 0 Å². The Morgan fingerprint density at radius 1 is 1.08 bits per heavy atom. The second-order valence-corrected chi connectivity index (χ2v) is 6.37. The topological polar surface area (TPSA) is 114 Å². The zero-order valence-corrected chi connectivity index (χ0v) is 15.1. The lowest BCUT2D eigenvalue weighted by molar-refractivity contribution is -0.154. The van der Waals surface area contributed by atoms with E-state index >= 15 is 0 Å². The molecule has 0 heterocycles. The van der Waals surface area contributed by atoms with Gasteiger partial charge in [0.15, 0.2) is 6.10 Å². The van der Waals surface area contributed by atoms with Gasteiger partial charge < -0.3 is 15.4 Å². The normalized spacial score (nSPS) is 15.3. The summed E-state index contributed by atoms with van der Waals surface area (Å²) in [6.45, 7) is 3.48. The first-order chi connectivity index (χ1) is 11.9. The van der Waals surface area contributed by atoms with Crippen LogP contribution in [0.25, 0.3) is 0 Å². The average Bonchev–Trinajstić information content (AvgIpc) is 3.02. The average molecular weight is 355 g/mol. The molecule has 0 aromatic heterocycles. The summed E-state index contributed by atoms with van der Waals surface area (Å²) in [6, 6.07) is -0.430. The third-order valence-corrected chi connectivity index (χ3v) is 4.04. The third kappa shape index (κ3) is 9.69. The fourth-order valence-corrected chi connectivity index (χ4v) is 2.65. The Bertz CT molecular complexity index is 475. The summed E-state index contributed by atoms with van der Waals surface area (Å²) in [5, 5.41) is 7.62. The van der Waals surface area contributed by atoms with Crippen molar-refractivity contribution in [3.8, 4) is 0 Å². The monoisotopic (exact) mass is 355 g/mol. The summed E-state index contributed by atoms with van der Waals surface area (Å²) in [6.07, 6.45) is 5.38. The molecule has 8 heteroatoms. The quantitative estimate of drug-likeness (QED) is 0.427. The van der Waals surface area contributed by atoms with Crippen LogP contribution in [0.4, 0.5) is 4.79 Å². The number of rotatable bonds is 9. The van der Waals surface area contributed by atoms with Crippen molar-refractivity contribution in [1.82, 2.24) is 16.0 Å². The number of urea groups is 1. The van der Waals surface area contributed by atoms with Crippen LogP contribution >= 0.6 is 0 Å². The van der Waals surface area contributed by atoms with E-state index in [0.29, 0.717) is 13.0 Å². The smallest absolute Gasteiger partial charge is 0.321 e. The Morgan fingerprint density at radius 2 is 1.76 bits per heavy atom. The van der Waals surface area contributed by atoms with Crippen molar-refractivity contribution >= 4 is 23.8 Å². The Morgan fingerprint density at radius 3 is 2.40 bits per heavy atom. The van der Waals surface area contributed by atoms with Gasteiger partial charge in [-0.1, -0.05) is 19.3 Å². The third-order valence-electron chi connectivity index (χ3n) is 4.04. The van der Waals surface area contributed by atoms with Crippen LogP contribution < -0.4 is 16.0 Å². The van der Waals surface area contributed by atoms with Gasteiger partial charge in [0.25, 0.3) is 5.91 Å². The fourth-order valence-electron chi connectivity index (χ4n) is 2.65. The number of hydrogen-bond acceptors (Lipinski definition) is 5. The molecule has 1 saturated carbocycles. The molecule has 1 unspecified atom stereocenters. The Hall–Kier alpha value is -2.12. The minimum absolute atomic E-state index is 0.0729. The van der Waals surface area contributed by atoms with E-state index in [2.05, 4.69) is 16.0 Å². The van der Waals surface area contributed by atoms with Gasteiger partial charge in [-0.3, -0.25) is 19.7 Å². The molecule has 1 fully saturated rings. The maximum atomic E-state index is 11.9. The van der Waals surface area contributed by atoms with Crippen molar-refractivity contribution in [2.24, 2.45) is 0 Å². The number of carbonyl (C=O) groups is 4. The maximum Gasteiger partial charge on any atom is 0.321 e. The number of unbranched alkanes of at least 4 members (excludes halogenated alkanes) is 2. The van der Waals surface area contributed by atoms with Crippen molar-refractivity contribution < 1.29 is 23.9 Å². The molecule has 0 bridgehead atoms. The molecule has 0 radical (unpaired) electrons. The minimum atomic E-state index is -1.01. The molecule has 0 aromatic rings. The summed E-state index contributed by atoms with van der Waals surface area (Å²) >= 11 is 0. The van der Waals surface area contributed by atoms with Crippen molar-refractivity contribution in [3.63, 3.8) is 0 Å². The van der Waals surface area contributed by atoms with Gasteiger partial charge in [0, 0.05) is 25.9 Å². The summed E-state index contributed by atoms with van der Waals surface area (Å²) < 4.78 is 5.03. The van der Waals surface area contributed by atoms with Gasteiger partial charge in [0.1, 0.15) is 0 Å². The highest BCUT2D eigenvalue weighted by Gasteiger charge is 2.22. The molecule has 1 aliphatic carbocycles. The zero-order valence-electron chi connectivity index (χ0n) is 15.1. The summed E-state index contributed by atoms with van der Waals surface area (Å²) in [5.74, 6) is -1.18. The van der Waals surface area contributed by atoms with E-state index in [4.69, 9.17) is 4.74 Å². The Labute approximate surface area is 148 Å². The van der Waals surface area contributed by atoms with Crippen LogP contribution in [0.5, 0.6) is 0 Å². The van der Waals surface area contributed by atoms with Crippen LogP contribution in [0.2, 0.25) is 0 Å². The van der Waals surface area contributed by atoms with Crippen molar-refractivity contribution in [2.45, 2.75) is 77.4 Å². The molecular weight excluding hydrogens is 326 g/mol. The number of nitrogens with one attached hydrogen (secondary N) is 3. The molecule has 4 amide bonds. The maximum absolute atomic E-state index is 11.9. The molecule has 0 spiro atoms. The number of imide groups is 1. The molecule has 0 saturated heterocycles. The van der Waals surface area contributed by atoms with E-state index in [1.807, 2.05) is 0 Å². The number of esters is 1. The number of hydrogen-bond donors (Lipinski definition) is 3. The van der Waals surface area contributed by atoms with E-state index in [-0.39, 0.29) is 18.4 Å². The first kappa shape index (κ1) is 20.9. The van der Waals surface area contributed by atoms with Crippen LogP contribution in [0.15, 0.2) is 0 Å². The van der Waals surface area contributed by atoms with Crippen LogP contribution in [-0.2, 0) is 19.1 Å². The van der Waals surface area contributed by atoms with Crippen LogP contribution in [0.1, 0.15) is 65.2 Å². The van der Waals surface area contributed by atoms with Crippen LogP contribution in [0, 0.1) is 0 Å². The number of amides is 4. The lowest BCUT2D eigenvalue weighted by atomic mass is 10.2. The molecule has 1 rings (SSSR count). The lowest BCUT2D eigenvalue weighted by Crippen LogP contribution is -2.47. The van der Waals surface area contributed by atoms with Crippen molar-refractivity contribution in [1.29, 1.82) is 0 Å². The number of ether oxygens (including phenoxy) is 1. The van der Waals surface area contributed by atoms with Crippen molar-refractivity contribution in [3.05, 3.63) is 0 Å². The van der Waals surface area contributed by atoms with E-state index in [0.717, 1.165) is 38.5 Å². The van der Waals surface area contributed by atoms with E-state index in [9.17, 15) is 19.2 Å². The highest BCUT2D eigenvalue weighted by molar-refractivity contribution is 5.97. The molecule has 0 aromatic carbocycles. The largest absolute Gasteiger partial charge is 0.453 e. The summed E-state index contributed by atoms with van der Waals surface area (Å²) in [7, 11) is 0. The molecule has 1 aliphatic rings. The van der Waals surface area contributed by atoms with E-state index < -0.39 is 24.0 Å². The molecule has 0 aliphatic heterocycles.